The van der Waals surface area contributed by atoms with Gasteiger partial charge in [0.25, 0.3) is 5.91 Å². The first-order valence-corrected chi connectivity index (χ1v) is 3.77. The molecular weight excluding hydrogens is 168 g/mol. The second-order valence-corrected chi connectivity index (χ2v) is 2.53. The van der Waals surface area contributed by atoms with Crippen molar-refractivity contribution in [3.8, 4) is 0 Å². The Labute approximate surface area is 76.1 Å². The first kappa shape index (κ1) is 9.34. The Morgan fingerprint density at radius 3 is 2.69 bits per heavy atom. The Morgan fingerprint density at radius 1 is 1.46 bits per heavy atom. The molecule has 0 fully saturated rings. The minimum absolute atomic E-state index is 0.170. The Bertz CT molecular complexity index is 324. The normalized spacial score (nSPS) is 9.38. The molecule has 0 spiro atoms. The van der Waals surface area contributed by atoms with Crippen molar-refractivity contribution in [2.24, 2.45) is 5.84 Å². The molecule has 70 valence electrons. The summed E-state index contributed by atoms with van der Waals surface area (Å²) in [5.74, 6) is 5.03. The number of nitrogens with one attached hydrogen (secondary N) is 2. The molecule has 1 rings (SSSR count). The summed E-state index contributed by atoms with van der Waals surface area (Å²) in [6, 6.07) is 4.85. The number of nitrogen functional groups attached to an aromatic ring is 2. The average molecular weight is 180 g/mol. The van der Waals surface area contributed by atoms with Crippen molar-refractivity contribution in [1.29, 1.82) is 0 Å². The maximum absolute atomic E-state index is 11.2. The summed E-state index contributed by atoms with van der Waals surface area (Å²) in [6.07, 6.45) is 0. The van der Waals surface area contributed by atoms with Crippen molar-refractivity contribution in [1.82, 2.24) is 5.32 Å². The molecule has 0 aromatic heterocycles. The van der Waals surface area contributed by atoms with Gasteiger partial charge in [-0.2, -0.15) is 0 Å². The van der Waals surface area contributed by atoms with Crippen LogP contribution in [0.2, 0.25) is 0 Å². The zero-order chi connectivity index (χ0) is 9.84. The fourth-order valence-corrected chi connectivity index (χ4v) is 0.967. The second kappa shape index (κ2) is 3.77. The number of carbonyl (C=O) groups is 1. The summed E-state index contributed by atoms with van der Waals surface area (Å²) >= 11 is 0. The van der Waals surface area contributed by atoms with Gasteiger partial charge >= 0.3 is 0 Å². The SMILES string of the molecule is CNC(=O)c1ccc(N)c(NN)c1. The van der Waals surface area contributed by atoms with Crippen molar-refractivity contribution in [2.75, 3.05) is 18.2 Å². The minimum atomic E-state index is -0.170. The van der Waals surface area contributed by atoms with Crippen molar-refractivity contribution in [3.05, 3.63) is 23.8 Å². The number of nitrogens with two attached hydrogens (primary N) is 2. The molecule has 0 heterocycles. The van der Waals surface area contributed by atoms with Crippen LogP contribution in [0.25, 0.3) is 0 Å². The molecule has 0 aliphatic rings. The molecule has 0 unspecified atom stereocenters. The number of rotatable bonds is 2. The van der Waals surface area contributed by atoms with Gasteiger partial charge in [-0.1, -0.05) is 0 Å². The largest absolute Gasteiger partial charge is 0.397 e. The smallest absolute Gasteiger partial charge is 0.251 e. The molecule has 5 nitrogen and oxygen atoms in total. The van der Waals surface area contributed by atoms with Gasteiger partial charge in [0.1, 0.15) is 0 Å². The summed E-state index contributed by atoms with van der Waals surface area (Å²) < 4.78 is 0. The van der Waals surface area contributed by atoms with Crippen molar-refractivity contribution < 1.29 is 4.79 Å². The van der Waals surface area contributed by atoms with E-state index < -0.39 is 0 Å². The quantitative estimate of drug-likeness (QED) is 0.291. The predicted octanol–water partition coefficient (Wildman–Crippen LogP) is -0.0860. The number of hydrogen-bond donors (Lipinski definition) is 4. The summed E-state index contributed by atoms with van der Waals surface area (Å²) in [7, 11) is 1.56. The van der Waals surface area contributed by atoms with Gasteiger partial charge in [-0.15, -0.1) is 0 Å². The minimum Gasteiger partial charge on any atom is -0.397 e. The summed E-state index contributed by atoms with van der Waals surface area (Å²) in [4.78, 5) is 11.2. The number of carbonyl (C=O) groups excluding carboxylic acids is 1. The molecular formula is C8H12N4O. The number of benzene rings is 1. The molecule has 0 aliphatic carbocycles. The highest BCUT2D eigenvalue weighted by Gasteiger charge is 2.05. The molecule has 1 aromatic rings. The molecule has 0 aliphatic heterocycles. The van der Waals surface area contributed by atoms with Crippen LogP contribution in [0.3, 0.4) is 0 Å². The summed E-state index contributed by atoms with van der Waals surface area (Å²) in [5, 5.41) is 2.50. The van der Waals surface area contributed by atoms with Crippen LogP contribution in [0.1, 0.15) is 10.4 Å². The summed E-state index contributed by atoms with van der Waals surface area (Å²) in [6.45, 7) is 0. The van der Waals surface area contributed by atoms with Crippen LogP contribution in [0.15, 0.2) is 18.2 Å². The Hall–Kier alpha value is -1.75. The van der Waals surface area contributed by atoms with Gasteiger partial charge in [0.05, 0.1) is 11.4 Å². The zero-order valence-electron chi connectivity index (χ0n) is 7.29. The van der Waals surface area contributed by atoms with Gasteiger partial charge in [0.15, 0.2) is 0 Å². The number of hydrazine groups is 1. The topological polar surface area (TPSA) is 93.2 Å². The van der Waals surface area contributed by atoms with Gasteiger partial charge in [-0.05, 0) is 18.2 Å². The third-order valence-electron chi connectivity index (χ3n) is 1.70. The van der Waals surface area contributed by atoms with Gasteiger partial charge in [0.2, 0.25) is 0 Å². The van der Waals surface area contributed by atoms with E-state index in [1.54, 1.807) is 25.2 Å². The van der Waals surface area contributed by atoms with Gasteiger partial charge in [-0.25, -0.2) is 0 Å². The van der Waals surface area contributed by atoms with Gasteiger partial charge in [-0.3, -0.25) is 10.6 Å². The zero-order valence-corrected chi connectivity index (χ0v) is 7.29. The lowest BCUT2D eigenvalue weighted by Gasteiger charge is -2.06. The Balaban J connectivity index is 3.06. The lowest BCUT2D eigenvalue weighted by atomic mass is 10.1. The van der Waals surface area contributed by atoms with E-state index >= 15 is 0 Å². The lowest BCUT2D eigenvalue weighted by molar-refractivity contribution is 0.0963. The molecule has 1 aromatic carbocycles. The highest BCUT2D eigenvalue weighted by atomic mass is 16.1. The molecule has 0 saturated carbocycles. The van der Waals surface area contributed by atoms with E-state index in [2.05, 4.69) is 10.7 Å². The first-order valence-electron chi connectivity index (χ1n) is 3.77. The Morgan fingerprint density at radius 2 is 2.15 bits per heavy atom. The number of hydrogen-bond acceptors (Lipinski definition) is 4. The van der Waals surface area contributed by atoms with Crippen LogP contribution >= 0.6 is 0 Å². The van der Waals surface area contributed by atoms with Crippen LogP contribution in [0, 0.1) is 0 Å². The third kappa shape index (κ3) is 1.88. The number of amides is 1. The summed E-state index contributed by atoms with van der Waals surface area (Å²) in [5.41, 5.74) is 9.55. The van der Waals surface area contributed by atoms with Gasteiger partial charge in [0, 0.05) is 12.6 Å². The molecule has 0 radical (unpaired) electrons. The molecule has 0 saturated heterocycles. The van der Waals surface area contributed by atoms with Crippen LogP contribution in [0.5, 0.6) is 0 Å². The highest BCUT2D eigenvalue weighted by Crippen LogP contribution is 2.18. The second-order valence-electron chi connectivity index (χ2n) is 2.53. The molecule has 0 atom stereocenters. The first-order chi connectivity index (χ1) is 6.19. The van der Waals surface area contributed by atoms with E-state index in [-0.39, 0.29) is 5.91 Å². The lowest BCUT2D eigenvalue weighted by Crippen LogP contribution is -2.18. The van der Waals surface area contributed by atoms with Crippen molar-refractivity contribution in [2.45, 2.75) is 0 Å². The third-order valence-corrected chi connectivity index (χ3v) is 1.70. The fourth-order valence-electron chi connectivity index (χ4n) is 0.967. The van der Waals surface area contributed by atoms with E-state index in [1.165, 1.54) is 0 Å². The van der Waals surface area contributed by atoms with Crippen LogP contribution in [0.4, 0.5) is 11.4 Å². The highest BCUT2D eigenvalue weighted by molar-refractivity contribution is 5.95. The monoisotopic (exact) mass is 180 g/mol. The molecule has 1 amide bonds. The van der Waals surface area contributed by atoms with E-state index in [0.29, 0.717) is 16.9 Å². The molecule has 0 bridgehead atoms. The van der Waals surface area contributed by atoms with Crippen molar-refractivity contribution >= 4 is 17.3 Å². The van der Waals surface area contributed by atoms with Crippen LogP contribution < -0.4 is 22.3 Å². The van der Waals surface area contributed by atoms with Crippen molar-refractivity contribution in [3.63, 3.8) is 0 Å². The Kier molecular flexibility index (Phi) is 2.71. The molecule has 5 heteroatoms. The maximum atomic E-state index is 11.2. The van der Waals surface area contributed by atoms with E-state index in [1.807, 2.05) is 0 Å². The van der Waals surface area contributed by atoms with Crippen LogP contribution in [-0.2, 0) is 0 Å². The standard InChI is InChI=1S/C8H12N4O/c1-11-8(13)5-2-3-6(9)7(4-5)12-10/h2-4,12H,9-10H2,1H3,(H,11,13). The number of anilines is 2. The molecule has 6 N–H and O–H groups in total. The fraction of sp³-hybridized carbons (Fsp3) is 0.125. The predicted molar refractivity (Wildman–Crippen MR) is 52.1 cm³/mol. The van der Waals surface area contributed by atoms with E-state index in [4.69, 9.17) is 11.6 Å². The molecule has 13 heavy (non-hydrogen) atoms. The maximum Gasteiger partial charge on any atom is 0.251 e. The van der Waals surface area contributed by atoms with Gasteiger partial charge < -0.3 is 16.5 Å². The van der Waals surface area contributed by atoms with E-state index in [9.17, 15) is 4.79 Å². The average Bonchev–Trinajstić information content (AvgIpc) is 2.17. The van der Waals surface area contributed by atoms with E-state index in [0.717, 1.165) is 0 Å². The van der Waals surface area contributed by atoms with Crippen LogP contribution in [-0.4, -0.2) is 13.0 Å².